The molecule has 1 saturated heterocycles. The Kier molecular flexibility index (Phi) is 5.70. The third-order valence-electron chi connectivity index (χ3n) is 4.13. The Morgan fingerprint density at radius 3 is 2.52 bits per heavy atom. The topological polar surface area (TPSA) is 21.7 Å². The van der Waals surface area contributed by atoms with Crippen molar-refractivity contribution in [2.45, 2.75) is 13.0 Å². The molecule has 23 heavy (non-hydrogen) atoms. The van der Waals surface area contributed by atoms with Gasteiger partial charge in [0.1, 0.15) is 5.75 Å². The van der Waals surface area contributed by atoms with Crippen molar-refractivity contribution in [3.05, 3.63) is 63.6 Å². The van der Waals surface area contributed by atoms with Gasteiger partial charge in [-0.3, -0.25) is 4.90 Å². The van der Waals surface area contributed by atoms with E-state index in [2.05, 4.69) is 63.3 Å². The summed E-state index contributed by atoms with van der Waals surface area (Å²) in [5.41, 5.74) is 3.85. The van der Waals surface area contributed by atoms with Gasteiger partial charge in [-0.05, 0) is 39.5 Å². The van der Waals surface area contributed by atoms with Gasteiger partial charge in [-0.2, -0.15) is 0 Å². The van der Waals surface area contributed by atoms with Crippen molar-refractivity contribution in [1.29, 1.82) is 0 Å². The molecule has 0 aliphatic carbocycles. The second-order valence-electron chi connectivity index (χ2n) is 5.82. The standard InChI is InChI=1S/C19H22BrNO2/c1-22-19-17(14-21-7-9-23-10-8-21)12-16(13-18(19)20)11-15-5-3-2-4-6-15/h2-6,12-13H,7-11,14H2,1H3. The van der Waals surface area contributed by atoms with Crippen LogP contribution in [0.5, 0.6) is 5.75 Å². The molecule has 0 atom stereocenters. The number of nitrogens with zero attached hydrogens (tertiary/aromatic N) is 1. The smallest absolute Gasteiger partial charge is 0.137 e. The zero-order valence-corrected chi connectivity index (χ0v) is 15.0. The molecule has 0 aromatic heterocycles. The van der Waals surface area contributed by atoms with E-state index < -0.39 is 0 Å². The van der Waals surface area contributed by atoms with Gasteiger partial charge in [0, 0.05) is 25.2 Å². The lowest BCUT2D eigenvalue weighted by atomic mass is 10.0. The first-order valence-corrected chi connectivity index (χ1v) is 8.75. The van der Waals surface area contributed by atoms with Crippen LogP contribution in [-0.4, -0.2) is 38.3 Å². The zero-order chi connectivity index (χ0) is 16.1. The van der Waals surface area contributed by atoms with Gasteiger partial charge in [0.25, 0.3) is 0 Å². The number of rotatable bonds is 5. The van der Waals surface area contributed by atoms with E-state index in [-0.39, 0.29) is 0 Å². The minimum atomic E-state index is 0.813. The van der Waals surface area contributed by atoms with Gasteiger partial charge in [-0.25, -0.2) is 0 Å². The highest BCUT2D eigenvalue weighted by atomic mass is 79.9. The van der Waals surface area contributed by atoms with Crippen LogP contribution in [-0.2, 0) is 17.7 Å². The summed E-state index contributed by atoms with van der Waals surface area (Å²) in [7, 11) is 1.74. The molecular weight excluding hydrogens is 354 g/mol. The molecule has 3 nitrogen and oxygen atoms in total. The maximum atomic E-state index is 5.62. The van der Waals surface area contributed by atoms with Gasteiger partial charge < -0.3 is 9.47 Å². The molecule has 2 aromatic rings. The maximum Gasteiger partial charge on any atom is 0.137 e. The number of ether oxygens (including phenoxy) is 2. The number of hydrogen-bond acceptors (Lipinski definition) is 3. The molecule has 1 aliphatic rings. The molecule has 3 rings (SSSR count). The molecule has 0 spiro atoms. The van der Waals surface area contributed by atoms with Crippen molar-refractivity contribution in [2.75, 3.05) is 33.4 Å². The van der Waals surface area contributed by atoms with Crippen molar-refractivity contribution in [3.63, 3.8) is 0 Å². The highest BCUT2D eigenvalue weighted by Crippen LogP contribution is 2.32. The maximum absolute atomic E-state index is 5.62. The molecule has 122 valence electrons. The quantitative estimate of drug-likeness (QED) is 0.791. The summed E-state index contributed by atoms with van der Waals surface area (Å²) in [6.07, 6.45) is 0.930. The highest BCUT2D eigenvalue weighted by molar-refractivity contribution is 9.10. The summed E-state index contributed by atoms with van der Waals surface area (Å²) in [5, 5.41) is 0. The van der Waals surface area contributed by atoms with Crippen LogP contribution in [0.25, 0.3) is 0 Å². The molecule has 1 aliphatic heterocycles. The minimum absolute atomic E-state index is 0.813. The summed E-state index contributed by atoms with van der Waals surface area (Å²) < 4.78 is 12.1. The molecule has 0 saturated carbocycles. The Morgan fingerprint density at radius 2 is 1.83 bits per heavy atom. The lowest BCUT2D eigenvalue weighted by molar-refractivity contribution is 0.0338. The lowest BCUT2D eigenvalue weighted by Gasteiger charge is -2.27. The monoisotopic (exact) mass is 375 g/mol. The molecule has 2 aromatic carbocycles. The Labute approximate surface area is 146 Å². The van der Waals surface area contributed by atoms with Gasteiger partial charge >= 0.3 is 0 Å². The van der Waals surface area contributed by atoms with E-state index in [9.17, 15) is 0 Å². The number of benzene rings is 2. The molecule has 1 fully saturated rings. The van der Waals surface area contributed by atoms with Crippen LogP contribution in [0.15, 0.2) is 46.9 Å². The van der Waals surface area contributed by atoms with Crippen LogP contribution in [0.4, 0.5) is 0 Å². The van der Waals surface area contributed by atoms with E-state index in [1.54, 1.807) is 7.11 Å². The molecule has 1 heterocycles. The number of morpholine rings is 1. The van der Waals surface area contributed by atoms with Crippen molar-refractivity contribution in [2.24, 2.45) is 0 Å². The van der Waals surface area contributed by atoms with E-state index in [1.165, 1.54) is 16.7 Å². The Hall–Kier alpha value is -1.36. The number of hydrogen-bond donors (Lipinski definition) is 0. The van der Waals surface area contributed by atoms with Crippen LogP contribution in [0, 0.1) is 0 Å². The third kappa shape index (κ3) is 4.34. The van der Waals surface area contributed by atoms with Gasteiger partial charge in [-0.15, -0.1) is 0 Å². The average Bonchev–Trinajstić information content (AvgIpc) is 2.57. The minimum Gasteiger partial charge on any atom is -0.495 e. The fourth-order valence-corrected chi connectivity index (χ4v) is 3.70. The Bertz CT molecular complexity index is 639. The van der Waals surface area contributed by atoms with Crippen LogP contribution < -0.4 is 4.74 Å². The van der Waals surface area contributed by atoms with Crippen molar-refractivity contribution >= 4 is 15.9 Å². The van der Waals surface area contributed by atoms with E-state index in [0.717, 1.165) is 49.5 Å². The van der Waals surface area contributed by atoms with Gasteiger partial charge in [-0.1, -0.05) is 36.4 Å². The molecule has 0 N–H and O–H groups in total. The van der Waals surface area contributed by atoms with Gasteiger partial charge in [0.15, 0.2) is 0 Å². The second kappa shape index (κ2) is 7.95. The third-order valence-corrected chi connectivity index (χ3v) is 4.72. The van der Waals surface area contributed by atoms with Crippen LogP contribution >= 0.6 is 15.9 Å². The predicted molar refractivity (Wildman–Crippen MR) is 96.0 cm³/mol. The summed E-state index contributed by atoms with van der Waals surface area (Å²) in [6, 6.07) is 15.0. The van der Waals surface area contributed by atoms with Crippen LogP contribution in [0.3, 0.4) is 0 Å². The van der Waals surface area contributed by atoms with Crippen LogP contribution in [0.1, 0.15) is 16.7 Å². The first kappa shape index (κ1) is 16.5. The van der Waals surface area contributed by atoms with E-state index in [0.29, 0.717) is 0 Å². The van der Waals surface area contributed by atoms with Crippen LogP contribution in [0.2, 0.25) is 0 Å². The van der Waals surface area contributed by atoms with Gasteiger partial charge in [0.05, 0.1) is 24.8 Å². The highest BCUT2D eigenvalue weighted by Gasteiger charge is 2.16. The molecule has 0 unspecified atom stereocenters. The predicted octanol–water partition coefficient (Wildman–Crippen LogP) is 3.88. The van der Waals surface area contributed by atoms with Gasteiger partial charge in [0.2, 0.25) is 0 Å². The average molecular weight is 376 g/mol. The zero-order valence-electron chi connectivity index (χ0n) is 13.4. The lowest BCUT2D eigenvalue weighted by Crippen LogP contribution is -2.35. The number of methoxy groups -OCH3 is 1. The van der Waals surface area contributed by atoms with Crippen molar-refractivity contribution < 1.29 is 9.47 Å². The molecule has 4 heteroatoms. The number of halogens is 1. The first-order chi connectivity index (χ1) is 11.3. The summed E-state index contributed by atoms with van der Waals surface area (Å²) in [5.74, 6) is 0.938. The fraction of sp³-hybridized carbons (Fsp3) is 0.368. The largest absolute Gasteiger partial charge is 0.495 e. The Morgan fingerprint density at radius 1 is 1.09 bits per heavy atom. The van der Waals surface area contributed by atoms with Crippen molar-refractivity contribution in [3.8, 4) is 5.75 Å². The second-order valence-corrected chi connectivity index (χ2v) is 6.68. The SMILES string of the molecule is COc1c(Br)cc(Cc2ccccc2)cc1CN1CCOCC1. The normalized spacial score (nSPS) is 15.6. The molecular formula is C19H22BrNO2. The summed E-state index contributed by atoms with van der Waals surface area (Å²) >= 11 is 3.67. The molecule has 0 radical (unpaired) electrons. The first-order valence-electron chi connectivity index (χ1n) is 7.95. The fourth-order valence-electron chi connectivity index (χ4n) is 2.99. The molecule has 0 amide bonds. The van der Waals surface area contributed by atoms with E-state index >= 15 is 0 Å². The summed E-state index contributed by atoms with van der Waals surface area (Å²) in [6.45, 7) is 4.47. The summed E-state index contributed by atoms with van der Waals surface area (Å²) in [4.78, 5) is 2.42. The Balaban J connectivity index is 1.83. The van der Waals surface area contributed by atoms with E-state index in [4.69, 9.17) is 9.47 Å². The van der Waals surface area contributed by atoms with E-state index in [1.807, 2.05) is 0 Å². The van der Waals surface area contributed by atoms with Crippen molar-refractivity contribution in [1.82, 2.24) is 4.90 Å². The molecule has 0 bridgehead atoms.